The zero-order chi connectivity index (χ0) is 15.7. The third-order valence-corrected chi connectivity index (χ3v) is 3.55. The van der Waals surface area contributed by atoms with Crippen LogP contribution in [0.1, 0.15) is 60.3 Å². The third-order valence-electron chi connectivity index (χ3n) is 3.55. The predicted molar refractivity (Wildman–Crippen MR) is 78.1 cm³/mol. The molecule has 0 radical (unpaired) electrons. The summed E-state index contributed by atoms with van der Waals surface area (Å²) in [6, 6.07) is -1.34. The molecule has 0 spiro atoms. The summed E-state index contributed by atoms with van der Waals surface area (Å²) in [5, 5.41) is 16.3. The van der Waals surface area contributed by atoms with Gasteiger partial charge in [-0.25, -0.2) is 4.79 Å². The number of carbonyl (C=O) groups excluding carboxylic acids is 2. The maximum Gasteiger partial charge on any atom is 0.315 e. The van der Waals surface area contributed by atoms with E-state index in [0.29, 0.717) is 12.3 Å². The molecule has 2 amide bonds. The molecule has 2 N–H and O–H groups in total. The smallest absolute Gasteiger partial charge is 0.315 e. The Labute approximate surface area is 122 Å². The van der Waals surface area contributed by atoms with E-state index in [1.807, 2.05) is 13.8 Å². The van der Waals surface area contributed by atoms with Gasteiger partial charge in [0.25, 0.3) is 0 Å². The van der Waals surface area contributed by atoms with Gasteiger partial charge in [-0.05, 0) is 25.2 Å². The van der Waals surface area contributed by atoms with Crippen molar-refractivity contribution in [2.24, 2.45) is 11.8 Å². The van der Waals surface area contributed by atoms with E-state index in [0.717, 1.165) is 19.3 Å². The monoisotopic (exact) mass is 285 g/mol. The van der Waals surface area contributed by atoms with Crippen molar-refractivity contribution >= 4 is 12.0 Å². The van der Waals surface area contributed by atoms with E-state index >= 15 is 0 Å². The summed E-state index contributed by atoms with van der Waals surface area (Å²) in [6.45, 7) is 9.93. The van der Waals surface area contributed by atoms with Crippen LogP contribution in [0, 0.1) is 11.8 Å². The molecule has 0 aromatic heterocycles. The third kappa shape index (κ3) is 8.02. The van der Waals surface area contributed by atoms with Crippen molar-refractivity contribution in [3.8, 4) is 0 Å². The van der Waals surface area contributed by atoms with Crippen LogP contribution in [0.3, 0.4) is 0 Å². The lowest BCUT2D eigenvalue weighted by Crippen LogP contribution is -2.55. The summed E-state index contributed by atoms with van der Waals surface area (Å²) in [6.07, 6.45) is 3.74. The van der Waals surface area contributed by atoms with Crippen LogP contribution >= 0.6 is 0 Å². The quantitative estimate of drug-likeness (QED) is 0.676. The average Bonchev–Trinajstić information content (AvgIpc) is 2.34. The molecule has 0 aromatic rings. The highest BCUT2D eigenvalue weighted by Crippen LogP contribution is 2.09. The van der Waals surface area contributed by atoms with Crippen molar-refractivity contribution in [2.45, 2.75) is 72.4 Å². The Morgan fingerprint density at radius 1 is 1.05 bits per heavy atom. The van der Waals surface area contributed by atoms with E-state index < -0.39 is 18.0 Å². The number of hydrogen-bond acceptors (Lipinski definition) is 3. The number of amides is 2. The summed E-state index contributed by atoms with van der Waals surface area (Å²) in [7, 11) is 0. The maximum atomic E-state index is 11.8. The van der Waals surface area contributed by atoms with Crippen LogP contribution in [-0.4, -0.2) is 24.1 Å². The molecule has 5 nitrogen and oxygen atoms in total. The van der Waals surface area contributed by atoms with Gasteiger partial charge in [-0.2, -0.15) is 0 Å². The molecule has 5 heteroatoms. The second kappa shape index (κ2) is 9.61. The topological polar surface area (TPSA) is 81.3 Å². The first-order chi connectivity index (χ1) is 9.27. The largest absolute Gasteiger partial charge is 0.548 e. The van der Waals surface area contributed by atoms with Crippen molar-refractivity contribution in [3.63, 3.8) is 0 Å². The minimum absolute atomic E-state index is 0.0353. The van der Waals surface area contributed by atoms with Gasteiger partial charge in [0.15, 0.2) is 0 Å². The number of carboxylic acid groups (broad SMARTS) is 1. The molecule has 118 valence electrons. The molecule has 0 fully saturated rings. The first-order valence-corrected chi connectivity index (χ1v) is 7.55. The Morgan fingerprint density at radius 3 is 2.10 bits per heavy atom. The van der Waals surface area contributed by atoms with E-state index in [1.165, 1.54) is 0 Å². The molecule has 0 aromatic carbocycles. The van der Waals surface area contributed by atoms with Crippen molar-refractivity contribution in [1.29, 1.82) is 0 Å². The van der Waals surface area contributed by atoms with Gasteiger partial charge in [0.1, 0.15) is 0 Å². The molecule has 0 bridgehead atoms. The molecule has 0 rings (SSSR count). The molecule has 0 saturated heterocycles. The van der Waals surface area contributed by atoms with E-state index in [1.54, 1.807) is 6.92 Å². The highest BCUT2D eigenvalue weighted by molar-refractivity contribution is 5.81. The van der Waals surface area contributed by atoms with Crippen LogP contribution in [-0.2, 0) is 4.79 Å². The summed E-state index contributed by atoms with van der Waals surface area (Å²) < 4.78 is 0. The fourth-order valence-electron chi connectivity index (χ4n) is 1.98. The van der Waals surface area contributed by atoms with Crippen LogP contribution < -0.4 is 15.7 Å². The number of carboxylic acids is 1. The number of urea groups is 1. The number of nitrogens with one attached hydrogen (secondary N) is 2. The Kier molecular flexibility index (Phi) is 9.01. The van der Waals surface area contributed by atoms with Gasteiger partial charge in [0.2, 0.25) is 0 Å². The average molecular weight is 285 g/mol. The summed E-state index contributed by atoms with van der Waals surface area (Å²) in [5.41, 5.74) is 0. The molecule has 0 aliphatic carbocycles. The van der Waals surface area contributed by atoms with Gasteiger partial charge in [-0.3, -0.25) is 0 Å². The van der Waals surface area contributed by atoms with Gasteiger partial charge < -0.3 is 20.5 Å². The Hall–Kier alpha value is -1.26. The van der Waals surface area contributed by atoms with Crippen LogP contribution in [0.4, 0.5) is 4.79 Å². The van der Waals surface area contributed by atoms with Crippen LogP contribution in [0.5, 0.6) is 0 Å². The second-order valence-electron chi connectivity index (χ2n) is 6.03. The predicted octanol–water partition coefficient (Wildman–Crippen LogP) is 1.66. The van der Waals surface area contributed by atoms with E-state index in [9.17, 15) is 14.7 Å². The highest BCUT2D eigenvalue weighted by Gasteiger charge is 2.20. The lowest BCUT2D eigenvalue weighted by Gasteiger charge is -2.26. The fourth-order valence-corrected chi connectivity index (χ4v) is 1.98. The van der Waals surface area contributed by atoms with Crippen molar-refractivity contribution in [1.82, 2.24) is 10.6 Å². The SMILES string of the molecule is CC[C@@H](C)[C@H](NC(=O)N[C@H](C)CCCC(C)C)C(=O)[O-]. The lowest BCUT2D eigenvalue weighted by atomic mass is 9.99. The maximum absolute atomic E-state index is 11.8. The standard InChI is InChI=1S/C15H30N2O3/c1-6-11(4)13(14(18)19)17-15(20)16-12(5)9-7-8-10(2)3/h10-13H,6-9H2,1-5H3,(H,18,19)(H2,16,17,20)/p-1/t11-,12-,13+/m1/s1. The highest BCUT2D eigenvalue weighted by atomic mass is 16.4. The minimum atomic E-state index is -1.23. The minimum Gasteiger partial charge on any atom is -0.548 e. The molecule has 0 aliphatic rings. The fraction of sp³-hybridized carbons (Fsp3) is 0.867. The summed E-state index contributed by atoms with van der Waals surface area (Å²) in [5.74, 6) is -0.729. The Balaban J connectivity index is 4.15. The van der Waals surface area contributed by atoms with Gasteiger partial charge in [0, 0.05) is 6.04 Å². The molecule has 0 saturated carbocycles. The summed E-state index contributed by atoms with van der Waals surface area (Å²) >= 11 is 0. The van der Waals surface area contributed by atoms with Crippen LogP contribution in [0.2, 0.25) is 0 Å². The van der Waals surface area contributed by atoms with Crippen LogP contribution in [0.25, 0.3) is 0 Å². The zero-order valence-electron chi connectivity index (χ0n) is 13.4. The molecule has 20 heavy (non-hydrogen) atoms. The van der Waals surface area contributed by atoms with Crippen molar-refractivity contribution < 1.29 is 14.7 Å². The zero-order valence-corrected chi connectivity index (χ0v) is 13.4. The van der Waals surface area contributed by atoms with E-state index in [2.05, 4.69) is 24.5 Å². The lowest BCUT2D eigenvalue weighted by molar-refractivity contribution is -0.309. The summed E-state index contributed by atoms with van der Waals surface area (Å²) in [4.78, 5) is 22.8. The van der Waals surface area contributed by atoms with Gasteiger partial charge in [-0.1, -0.05) is 47.0 Å². The molecular weight excluding hydrogens is 256 g/mol. The molecular formula is C15H29N2O3-. The second-order valence-corrected chi connectivity index (χ2v) is 6.03. The molecule has 3 atom stereocenters. The number of carbonyl (C=O) groups is 2. The first-order valence-electron chi connectivity index (χ1n) is 7.55. The van der Waals surface area contributed by atoms with Crippen LogP contribution in [0.15, 0.2) is 0 Å². The normalized spacial score (nSPS) is 15.5. The van der Waals surface area contributed by atoms with Gasteiger partial charge in [-0.15, -0.1) is 0 Å². The molecule has 0 aliphatic heterocycles. The van der Waals surface area contributed by atoms with Gasteiger partial charge in [0.05, 0.1) is 12.0 Å². The molecule has 0 heterocycles. The Bertz CT molecular complexity index is 305. The molecule has 0 unspecified atom stereocenters. The number of rotatable bonds is 9. The van der Waals surface area contributed by atoms with Crippen molar-refractivity contribution in [2.75, 3.05) is 0 Å². The number of hydrogen-bond donors (Lipinski definition) is 2. The Morgan fingerprint density at radius 2 is 1.65 bits per heavy atom. The van der Waals surface area contributed by atoms with E-state index in [4.69, 9.17) is 0 Å². The number of aliphatic carboxylic acids is 1. The van der Waals surface area contributed by atoms with Crippen molar-refractivity contribution in [3.05, 3.63) is 0 Å². The first kappa shape index (κ1) is 18.7. The van der Waals surface area contributed by atoms with Gasteiger partial charge >= 0.3 is 6.03 Å². The van der Waals surface area contributed by atoms with E-state index in [-0.39, 0.29) is 12.0 Å².